The van der Waals surface area contributed by atoms with Crippen molar-refractivity contribution in [3.63, 3.8) is 0 Å². The second-order valence-corrected chi connectivity index (χ2v) is 4.18. The number of hydrogen-bond acceptors (Lipinski definition) is 6. The summed E-state index contributed by atoms with van der Waals surface area (Å²) < 4.78 is 5.47. The van der Waals surface area contributed by atoms with Gasteiger partial charge in [0.2, 0.25) is 0 Å². The quantitative estimate of drug-likeness (QED) is 0.660. The molecule has 0 radical (unpaired) electrons. The molecule has 0 amide bonds. The molecule has 0 fully saturated rings. The Balaban J connectivity index is 2.17. The molecule has 1 heterocycles. The fourth-order valence-electron chi connectivity index (χ4n) is 1.70. The summed E-state index contributed by atoms with van der Waals surface area (Å²) in [6.07, 6.45) is 2.42. The molecule has 0 atom stereocenters. The van der Waals surface area contributed by atoms with Crippen LogP contribution in [0, 0.1) is 17.0 Å². The Morgan fingerprint density at radius 3 is 2.86 bits per heavy atom. The highest BCUT2D eigenvalue weighted by Crippen LogP contribution is 2.24. The summed E-state index contributed by atoms with van der Waals surface area (Å²) in [5.41, 5.74) is 0.732. The van der Waals surface area contributed by atoms with E-state index in [1.807, 2.05) is 0 Å². The third kappa shape index (κ3) is 3.30. The normalized spacial score (nSPS) is 10.1. The maximum Gasteiger partial charge on any atom is 0.339 e. The number of hydrogen-bond donors (Lipinski definition) is 1. The van der Waals surface area contributed by atoms with Crippen LogP contribution in [0.1, 0.15) is 21.6 Å². The predicted octanol–water partition coefficient (Wildman–Crippen LogP) is 1.97. The first kappa shape index (κ1) is 14.4. The molecule has 108 valence electrons. The molecule has 0 bridgehead atoms. The van der Waals surface area contributed by atoms with E-state index in [-0.39, 0.29) is 23.6 Å². The van der Waals surface area contributed by atoms with E-state index in [1.54, 1.807) is 6.92 Å². The third-order valence-electron chi connectivity index (χ3n) is 2.76. The van der Waals surface area contributed by atoms with Gasteiger partial charge in [0.05, 0.1) is 10.6 Å². The lowest BCUT2D eigenvalue weighted by atomic mass is 10.2. The number of carboxylic acid groups (broad SMARTS) is 1. The van der Waals surface area contributed by atoms with Crippen LogP contribution in [0.3, 0.4) is 0 Å². The van der Waals surface area contributed by atoms with Crippen LogP contribution < -0.4 is 4.74 Å². The second kappa shape index (κ2) is 5.95. The summed E-state index contributed by atoms with van der Waals surface area (Å²) in [5, 5.41) is 19.7. The third-order valence-corrected chi connectivity index (χ3v) is 2.76. The van der Waals surface area contributed by atoms with E-state index in [9.17, 15) is 14.9 Å². The van der Waals surface area contributed by atoms with Crippen molar-refractivity contribution in [3.05, 3.63) is 57.7 Å². The Morgan fingerprint density at radius 2 is 2.24 bits per heavy atom. The van der Waals surface area contributed by atoms with Crippen LogP contribution in [0.15, 0.2) is 30.7 Å². The maximum absolute atomic E-state index is 11.0. The minimum absolute atomic E-state index is 0.0342. The number of nitro groups is 1. The van der Waals surface area contributed by atoms with Crippen LogP contribution in [-0.4, -0.2) is 26.0 Å². The first-order valence-electron chi connectivity index (χ1n) is 5.89. The molecule has 0 saturated carbocycles. The molecule has 8 nitrogen and oxygen atoms in total. The van der Waals surface area contributed by atoms with Crippen LogP contribution >= 0.6 is 0 Å². The molecule has 21 heavy (non-hydrogen) atoms. The number of nitrogens with zero attached hydrogens (tertiary/aromatic N) is 3. The van der Waals surface area contributed by atoms with Gasteiger partial charge in [0.1, 0.15) is 24.2 Å². The lowest BCUT2D eigenvalue weighted by Crippen LogP contribution is -2.09. The van der Waals surface area contributed by atoms with Crippen molar-refractivity contribution in [2.24, 2.45) is 0 Å². The first-order valence-corrected chi connectivity index (χ1v) is 5.89. The number of carbonyl (C=O) groups is 1. The molecule has 0 saturated heterocycles. The molecule has 2 aromatic rings. The molecular formula is C13H11N3O5. The van der Waals surface area contributed by atoms with Gasteiger partial charge in [-0.2, -0.15) is 0 Å². The Hall–Kier alpha value is -3.03. The molecule has 2 rings (SSSR count). The summed E-state index contributed by atoms with van der Waals surface area (Å²) in [4.78, 5) is 28.7. The molecule has 8 heteroatoms. The molecule has 1 aromatic carbocycles. The molecule has 1 N–H and O–H groups in total. The van der Waals surface area contributed by atoms with Gasteiger partial charge in [0.25, 0.3) is 5.69 Å². The van der Waals surface area contributed by atoms with E-state index in [1.165, 1.54) is 30.7 Å². The Labute approximate surface area is 119 Å². The number of benzene rings is 1. The van der Waals surface area contributed by atoms with Gasteiger partial charge >= 0.3 is 5.97 Å². The number of ether oxygens (including phenoxy) is 1. The van der Waals surface area contributed by atoms with Gasteiger partial charge in [0, 0.05) is 18.3 Å². The Morgan fingerprint density at radius 1 is 1.48 bits per heavy atom. The lowest BCUT2D eigenvalue weighted by Gasteiger charge is -2.09. The highest BCUT2D eigenvalue weighted by atomic mass is 16.6. The Bertz CT molecular complexity index is 702. The highest BCUT2D eigenvalue weighted by molar-refractivity contribution is 5.88. The minimum atomic E-state index is -1.14. The van der Waals surface area contributed by atoms with E-state index in [0.717, 1.165) is 0 Å². The maximum atomic E-state index is 11.0. The van der Waals surface area contributed by atoms with Crippen molar-refractivity contribution in [2.75, 3.05) is 0 Å². The van der Waals surface area contributed by atoms with Crippen molar-refractivity contribution < 1.29 is 19.6 Å². The van der Waals surface area contributed by atoms with Gasteiger partial charge < -0.3 is 9.84 Å². The van der Waals surface area contributed by atoms with Gasteiger partial charge in [-0.05, 0) is 18.6 Å². The summed E-state index contributed by atoms with van der Waals surface area (Å²) >= 11 is 0. The van der Waals surface area contributed by atoms with Crippen LogP contribution in [0.25, 0.3) is 0 Å². The molecule has 0 aliphatic rings. The number of aromatic nitrogens is 2. The predicted molar refractivity (Wildman–Crippen MR) is 71.2 cm³/mol. The Kier molecular flexibility index (Phi) is 4.07. The molecule has 0 unspecified atom stereocenters. The SMILES string of the molecule is Cc1cc([N+](=O)[O-])ccc1OCc1ncncc1C(=O)O. The zero-order valence-electron chi connectivity index (χ0n) is 11.0. The van der Waals surface area contributed by atoms with Crippen molar-refractivity contribution in [1.29, 1.82) is 0 Å². The van der Waals surface area contributed by atoms with Crippen molar-refractivity contribution in [2.45, 2.75) is 13.5 Å². The molecule has 0 spiro atoms. The first-order chi connectivity index (χ1) is 9.99. The molecule has 0 aliphatic heterocycles. The average molecular weight is 289 g/mol. The van der Waals surface area contributed by atoms with Crippen LogP contribution in [0.5, 0.6) is 5.75 Å². The fraction of sp³-hybridized carbons (Fsp3) is 0.154. The van der Waals surface area contributed by atoms with E-state index in [0.29, 0.717) is 11.3 Å². The minimum Gasteiger partial charge on any atom is -0.487 e. The van der Waals surface area contributed by atoms with E-state index in [4.69, 9.17) is 9.84 Å². The highest BCUT2D eigenvalue weighted by Gasteiger charge is 2.13. The van der Waals surface area contributed by atoms with E-state index >= 15 is 0 Å². The number of nitro benzene ring substituents is 1. The zero-order chi connectivity index (χ0) is 15.4. The molecule has 0 aliphatic carbocycles. The van der Waals surface area contributed by atoms with Gasteiger partial charge in [-0.3, -0.25) is 10.1 Å². The van der Waals surface area contributed by atoms with Gasteiger partial charge in [0.15, 0.2) is 0 Å². The summed E-state index contributed by atoms with van der Waals surface area (Å²) in [5.74, 6) is -0.717. The number of non-ortho nitro benzene ring substituents is 1. The number of aromatic carboxylic acids is 1. The topological polar surface area (TPSA) is 115 Å². The van der Waals surface area contributed by atoms with Crippen molar-refractivity contribution in [1.82, 2.24) is 9.97 Å². The van der Waals surface area contributed by atoms with Crippen LogP contribution in [-0.2, 0) is 6.61 Å². The monoisotopic (exact) mass is 289 g/mol. The summed E-state index contributed by atoms with van der Waals surface area (Å²) in [6.45, 7) is 1.60. The summed E-state index contributed by atoms with van der Waals surface area (Å²) in [7, 11) is 0. The fourth-order valence-corrected chi connectivity index (χ4v) is 1.70. The van der Waals surface area contributed by atoms with Crippen molar-refractivity contribution >= 4 is 11.7 Å². The van der Waals surface area contributed by atoms with Crippen LogP contribution in [0.2, 0.25) is 0 Å². The van der Waals surface area contributed by atoms with Gasteiger partial charge in [-0.1, -0.05) is 0 Å². The van der Waals surface area contributed by atoms with Crippen molar-refractivity contribution in [3.8, 4) is 5.75 Å². The number of carboxylic acids is 1. The van der Waals surface area contributed by atoms with Crippen LogP contribution in [0.4, 0.5) is 5.69 Å². The van der Waals surface area contributed by atoms with Gasteiger partial charge in [-0.25, -0.2) is 14.8 Å². The average Bonchev–Trinajstić information content (AvgIpc) is 2.46. The number of aryl methyl sites for hydroxylation is 1. The lowest BCUT2D eigenvalue weighted by molar-refractivity contribution is -0.384. The smallest absolute Gasteiger partial charge is 0.339 e. The number of rotatable bonds is 5. The molecule has 1 aromatic heterocycles. The standard InChI is InChI=1S/C13H11N3O5/c1-8-4-9(16(19)20)2-3-12(8)21-6-11-10(13(17)18)5-14-7-15-11/h2-5,7H,6H2,1H3,(H,17,18). The van der Waals surface area contributed by atoms with E-state index < -0.39 is 10.9 Å². The largest absolute Gasteiger partial charge is 0.487 e. The van der Waals surface area contributed by atoms with E-state index in [2.05, 4.69) is 9.97 Å². The molecular weight excluding hydrogens is 278 g/mol. The summed E-state index contributed by atoms with van der Waals surface area (Å²) in [6, 6.07) is 4.17. The second-order valence-electron chi connectivity index (χ2n) is 4.18. The van der Waals surface area contributed by atoms with Gasteiger partial charge in [-0.15, -0.1) is 0 Å². The zero-order valence-corrected chi connectivity index (χ0v) is 11.0.